The molecule has 0 spiro atoms. The Kier molecular flexibility index (Phi) is 5.26. The molecule has 4 rings (SSSR count). The lowest BCUT2D eigenvalue weighted by Gasteiger charge is -2.32. The van der Waals surface area contributed by atoms with Gasteiger partial charge in [-0.3, -0.25) is 19.5 Å². The molecular formula is C20H29N6O3+. The first-order chi connectivity index (χ1) is 14.0. The number of aliphatic imine (C=N–C) groups is 1. The monoisotopic (exact) mass is 401 g/mol. The highest BCUT2D eigenvalue weighted by atomic mass is 16.5. The summed E-state index contributed by atoms with van der Waals surface area (Å²) >= 11 is 0. The number of aromatic nitrogens is 2. The number of fused-ring (bicyclic) bond motifs is 3. The van der Waals surface area contributed by atoms with Gasteiger partial charge in [-0.25, -0.2) is 13.9 Å². The van der Waals surface area contributed by atoms with Crippen molar-refractivity contribution in [2.45, 2.75) is 32.9 Å². The molecule has 0 bridgehead atoms. The number of urea groups is 1. The summed E-state index contributed by atoms with van der Waals surface area (Å²) in [5, 5.41) is 0. The van der Waals surface area contributed by atoms with Crippen molar-refractivity contribution in [3.63, 3.8) is 0 Å². The SMILES string of the molecule is C=CCN1C(=O)C2C(=Nc3n2c(C)c(C)[n+]3CCCN2CCOCC2)N(C)C1=O. The van der Waals surface area contributed by atoms with E-state index in [0.29, 0.717) is 5.84 Å². The van der Waals surface area contributed by atoms with Crippen LogP contribution in [0.25, 0.3) is 0 Å². The van der Waals surface area contributed by atoms with Crippen molar-refractivity contribution >= 4 is 23.7 Å². The first-order valence-electron chi connectivity index (χ1n) is 10.2. The molecule has 9 heteroatoms. The van der Waals surface area contributed by atoms with Crippen LogP contribution in [0.1, 0.15) is 23.9 Å². The number of likely N-dealkylation sites (N-methyl/N-ethyl adjacent to an activating group) is 1. The average Bonchev–Trinajstić information content (AvgIpc) is 3.22. The molecule has 1 atom stereocenters. The predicted octanol–water partition coefficient (Wildman–Crippen LogP) is 0.779. The Hall–Kier alpha value is -2.52. The molecule has 0 aliphatic carbocycles. The van der Waals surface area contributed by atoms with Gasteiger partial charge in [0.1, 0.15) is 11.4 Å². The third-order valence-corrected chi connectivity index (χ3v) is 6.10. The largest absolute Gasteiger partial charge is 0.402 e. The number of rotatable bonds is 6. The minimum Gasteiger partial charge on any atom is -0.379 e. The summed E-state index contributed by atoms with van der Waals surface area (Å²) < 4.78 is 9.56. The lowest BCUT2D eigenvalue weighted by atomic mass is 10.1. The Balaban J connectivity index is 1.60. The van der Waals surface area contributed by atoms with Crippen molar-refractivity contribution in [2.75, 3.05) is 46.4 Å². The van der Waals surface area contributed by atoms with Crippen molar-refractivity contribution < 1.29 is 18.9 Å². The van der Waals surface area contributed by atoms with Gasteiger partial charge in [0.05, 0.1) is 19.8 Å². The zero-order valence-corrected chi connectivity index (χ0v) is 17.4. The van der Waals surface area contributed by atoms with E-state index in [4.69, 9.17) is 9.73 Å². The predicted molar refractivity (Wildman–Crippen MR) is 107 cm³/mol. The number of imide groups is 1. The molecule has 3 aliphatic rings. The van der Waals surface area contributed by atoms with Gasteiger partial charge in [0.25, 0.3) is 5.91 Å². The number of nitrogens with zero attached hydrogens (tertiary/aromatic N) is 6. The quantitative estimate of drug-likeness (QED) is 0.522. The van der Waals surface area contributed by atoms with Gasteiger partial charge in [0, 0.05) is 33.2 Å². The van der Waals surface area contributed by atoms with Crippen LogP contribution in [0.2, 0.25) is 0 Å². The van der Waals surface area contributed by atoms with E-state index in [9.17, 15) is 9.59 Å². The van der Waals surface area contributed by atoms with Gasteiger partial charge in [0.15, 0.2) is 0 Å². The maximum absolute atomic E-state index is 13.1. The van der Waals surface area contributed by atoms with E-state index < -0.39 is 6.04 Å². The molecule has 2 fully saturated rings. The number of carbonyl (C=O) groups is 2. The lowest BCUT2D eigenvalue weighted by Crippen LogP contribution is -2.57. The number of imidazole rings is 1. The number of hydrogen-bond donors (Lipinski definition) is 0. The fourth-order valence-electron chi connectivity index (χ4n) is 4.34. The molecule has 1 aromatic heterocycles. The Morgan fingerprint density at radius 1 is 1.28 bits per heavy atom. The highest BCUT2D eigenvalue weighted by molar-refractivity contribution is 6.20. The molecule has 9 nitrogen and oxygen atoms in total. The Labute approximate surface area is 170 Å². The molecule has 0 aromatic carbocycles. The lowest BCUT2D eigenvalue weighted by molar-refractivity contribution is -0.689. The first kappa shape index (κ1) is 19.8. The number of amides is 3. The van der Waals surface area contributed by atoms with Gasteiger partial charge in [-0.15, -0.1) is 6.58 Å². The van der Waals surface area contributed by atoms with Gasteiger partial charge in [-0.1, -0.05) is 11.1 Å². The van der Waals surface area contributed by atoms with E-state index in [1.165, 1.54) is 9.80 Å². The van der Waals surface area contributed by atoms with Crippen LogP contribution < -0.4 is 4.57 Å². The molecule has 2 saturated heterocycles. The van der Waals surface area contributed by atoms with Gasteiger partial charge < -0.3 is 4.74 Å². The highest BCUT2D eigenvalue weighted by Gasteiger charge is 2.53. The van der Waals surface area contributed by atoms with Crippen LogP contribution in [0.4, 0.5) is 10.7 Å². The second-order valence-electron chi connectivity index (χ2n) is 7.75. The van der Waals surface area contributed by atoms with E-state index in [2.05, 4.69) is 23.0 Å². The second kappa shape index (κ2) is 7.72. The minimum absolute atomic E-state index is 0.194. The molecule has 3 aliphatic heterocycles. The van der Waals surface area contributed by atoms with E-state index in [-0.39, 0.29) is 18.5 Å². The van der Waals surface area contributed by atoms with Crippen LogP contribution in [0.3, 0.4) is 0 Å². The fourth-order valence-corrected chi connectivity index (χ4v) is 4.34. The number of amidine groups is 1. The molecule has 3 amide bonds. The zero-order valence-electron chi connectivity index (χ0n) is 17.4. The summed E-state index contributed by atoms with van der Waals surface area (Å²) in [6, 6.07) is -0.948. The summed E-state index contributed by atoms with van der Waals surface area (Å²) in [5.41, 5.74) is 2.11. The van der Waals surface area contributed by atoms with E-state index in [1.807, 2.05) is 11.5 Å². The third kappa shape index (κ3) is 3.18. The van der Waals surface area contributed by atoms with Gasteiger partial charge in [0.2, 0.25) is 11.9 Å². The summed E-state index contributed by atoms with van der Waals surface area (Å²) in [5.74, 6) is 1.000. The van der Waals surface area contributed by atoms with Crippen molar-refractivity contribution in [1.29, 1.82) is 0 Å². The number of morpholine rings is 1. The van der Waals surface area contributed by atoms with Crippen LogP contribution in [-0.2, 0) is 16.1 Å². The van der Waals surface area contributed by atoms with Crippen molar-refractivity contribution in [3.8, 4) is 0 Å². The van der Waals surface area contributed by atoms with Gasteiger partial charge >= 0.3 is 12.0 Å². The smallest absolute Gasteiger partial charge is 0.379 e. The van der Waals surface area contributed by atoms with Crippen LogP contribution in [-0.4, -0.2) is 83.5 Å². The summed E-state index contributed by atoms with van der Waals surface area (Å²) in [7, 11) is 1.67. The summed E-state index contributed by atoms with van der Waals surface area (Å²) in [6.07, 6.45) is 2.56. The Bertz CT molecular complexity index is 883. The fraction of sp³-hybridized carbons (Fsp3) is 0.600. The molecule has 4 heterocycles. The highest BCUT2D eigenvalue weighted by Crippen LogP contribution is 2.35. The zero-order chi connectivity index (χ0) is 20.7. The summed E-state index contributed by atoms with van der Waals surface area (Å²) in [4.78, 5) is 35.6. The molecule has 29 heavy (non-hydrogen) atoms. The number of carbonyl (C=O) groups excluding carboxylic acids is 2. The van der Waals surface area contributed by atoms with E-state index >= 15 is 0 Å². The molecule has 0 N–H and O–H groups in total. The first-order valence-corrected chi connectivity index (χ1v) is 10.2. The molecule has 1 aromatic rings. The topological polar surface area (TPSA) is 74.3 Å². The minimum atomic E-state index is -0.591. The molecule has 156 valence electrons. The van der Waals surface area contributed by atoms with E-state index in [0.717, 1.165) is 63.1 Å². The second-order valence-corrected chi connectivity index (χ2v) is 7.75. The van der Waals surface area contributed by atoms with Crippen LogP contribution in [0, 0.1) is 13.8 Å². The summed E-state index contributed by atoms with van der Waals surface area (Å²) in [6.45, 7) is 13.3. The molecule has 1 unspecified atom stereocenters. The Morgan fingerprint density at radius 3 is 2.69 bits per heavy atom. The normalized spacial score (nSPS) is 22.0. The van der Waals surface area contributed by atoms with Gasteiger partial charge in [-0.2, -0.15) is 0 Å². The van der Waals surface area contributed by atoms with Crippen LogP contribution in [0.15, 0.2) is 17.6 Å². The standard InChI is InChI=1S/C20H29N6O3/c1-5-7-25-18(27)16-17(22(4)20(25)28)21-19-24(14(2)15(3)26(16)19)9-6-8-23-10-12-29-13-11-23/h5,16H,1,6-13H2,2-4H3/q+1. The van der Waals surface area contributed by atoms with Crippen molar-refractivity contribution in [3.05, 3.63) is 24.0 Å². The van der Waals surface area contributed by atoms with Crippen LogP contribution >= 0.6 is 0 Å². The average molecular weight is 401 g/mol. The van der Waals surface area contributed by atoms with Crippen molar-refractivity contribution in [2.24, 2.45) is 4.99 Å². The maximum atomic E-state index is 13.1. The van der Waals surface area contributed by atoms with Crippen LogP contribution in [0.5, 0.6) is 0 Å². The van der Waals surface area contributed by atoms with Gasteiger partial charge in [-0.05, 0) is 20.3 Å². The number of hydrogen-bond acceptors (Lipinski definition) is 5. The third-order valence-electron chi connectivity index (χ3n) is 6.10. The molecular weight excluding hydrogens is 372 g/mol. The molecule has 0 radical (unpaired) electrons. The van der Waals surface area contributed by atoms with E-state index in [1.54, 1.807) is 13.1 Å². The Morgan fingerprint density at radius 2 is 2.00 bits per heavy atom. The van der Waals surface area contributed by atoms with Crippen molar-refractivity contribution in [1.82, 2.24) is 19.3 Å². The maximum Gasteiger partial charge on any atom is 0.402 e. The molecule has 0 saturated carbocycles. The number of ether oxygens (including phenoxy) is 1.